The van der Waals surface area contributed by atoms with Crippen LogP contribution in [0.4, 0.5) is 0 Å². The molecule has 4 nitrogen and oxygen atoms in total. The van der Waals surface area contributed by atoms with Crippen molar-refractivity contribution >= 4 is 11.8 Å². The van der Waals surface area contributed by atoms with E-state index in [9.17, 15) is 9.59 Å². The third kappa shape index (κ3) is 2.59. The predicted octanol–water partition coefficient (Wildman–Crippen LogP) is 1.34. The van der Waals surface area contributed by atoms with E-state index in [-0.39, 0.29) is 11.8 Å². The van der Waals surface area contributed by atoms with Gasteiger partial charge in [0.05, 0.1) is 6.42 Å². The minimum atomic E-state index is -0.158. The predicted molar refractivity (Wildman–Crippen MR) is 69.1 cm³/mol. The van der Waals surface area contributed by atoms with Gasteiger partial charge in [-0.15, -0.1) is 0 Å². The Morgan fingerprint density at radius 2 is 1.89 bits per heavy atom. The molecule has 0 aromatic heterocycles. The molecule has 0 saturated carbocycles. The first-order valence-electron chi connectivity index (χ1n) is 6.36. The summed E-state index contributed by atoms with van der Waals surface area (Å²) < 4.78 is 0. The van der Waals surface area contributed by atoms with E-state index in [1.165, 1.54) is 4.90 Å². The van der Waals surface area contributed by atoms with Crippen LogP contribution in [0.2, 0.25) is 0 Å². The van der Waals surface area contributed by atoms with Crippen LogP contribution < -0.4 is 5.73 Å². The lowest BCUT2D eigenvalue weighted by Gasteiger charge is -2.26. The van der Waals surface area contributed by atoms with Crippen molar-refractivity contribution in [2.75, 3.05) is 13.1 Å². The Kier molecular flexibility index (Phi) is 4.10. The first-order valence-corrected chi connectivity index (χ1v) is 6.36. The fourth-order valence-electron chi connectivity index (χ4n) is 2.22. The van der Waals surface area contributed by atoms with Gasteiger partial charge in [0, 0.05) is 12.1 Å². The second-order valence-corrected chi connectivity index (χ2v) is 4.53. The standard InChI is InChI=1S/C14H18N2O2/c15-8-4-1-5-9-16-13(17)10-11-6-2-3-7-12(11)14(16)18/h2-3,6-7H,1,4-5,8-10,15H2. The molecule has 1 aliphatic heterocycles. The lowest BCUT2D eigenvalue weighted by atomic mass is 9.98. The zero-order valence-corrected chi connectivity index (χ0v) is 10.4. The summed E-state index contributed by atoms with van der Waals surface area (Å²) in [4.78, 5) is 25.5. The van der Waals surface area contributed by atoms with Crippen molar-refractivity contribution in [3.8, 4) is 0 Å². The summed E-state index contributed by atoms with van der Waals surface area (Å²) in [5.41, 5.74) is 6.92. The fraction of sp³-hybridized carbons (Fsp3) is 0.429. The Hall–Kier alpha value is -1.68. The lowest BCUT2D eigenvalue weighted by molar-refractivity contribution is -0.128. The second-order valence-electron chi connectivity index (χ2n) is 4.53. The SMILES string of the molecule is NCCCCCN1C(=O)Cc2ccccc2C1=O. The van der Waals surface area contributed by atoms with E-state index in [0.29, 0.717) is 25.1 Å². The Balaban J connectivity index is 2.05. The van der Waals surface area contributed by atoms with Crippen molar-refractivity contribution in [1.82, 2.24) is 4.90 Å². The summed E-state index contributed by atoms with van der Waals surface area (Å²) in [7, 11) is 0. The van der Waals surface area contributed by atoms with Gasteiger partial charge in [-0.05, 0) is 31.0 Å². The number of carbonyl (C=O) groups is 2. The second kappa shape index (κ2) is 5.78. The van der Waals surface area contributed by atoms with Crippen LogP contribution in [-0.4, -0.2) is 29.8 Å². The van der Waals surface area contributed by atoms with Gasteiger partial charge in [-0.25, -0.2) is 0 Å². The van der Waals surface area contributed by atoms with Crippen molar-refractivity contribution < 1.29 is 9.59 Å². The normalized spacial score (nSPS) is 14.8. The molecule has 1 aliphatic rings. The number of fused-ring (bicyclic) bond motifs is 1. The van der Waals surface area contributed by atoms with Gasteiger partial charge in [0.25, 0.3) is 5.91 Å². The average molecular weight is 246 g/mol. The number of benzene rings is 1. The van der Waals surface area contributed by atoms with Crippen molar-refractivity contribution in [3.63, 3.8) is 0 Å². The Bertz CT molecular complexity index is 457. The van der Waals surface area contributed by atoms with E-state index in [2.05, 4.69) is 0 Å². The lowest BCUT2D eigenvalue weighted by Crippen LogP contribution is -2.42. The first-order chi connectivity index (χ1) is 8.74. The third-order valence-corrected chi connectivity index (χ3v) is 3.22. The molecule has 0 atom stereocenters. The van der Waals surface area contributed by atoms with Gasteiger partial charge in [-0.1, -0.05) is 24.6 Å². The summed E-state index contributed by atoms with van der Waals surface area (Å²) in [5, 5.41) is 0. The molecule has 1 aromatic carbocycles. The Labute approximate surface area is 107 Å². The van der Waals surface area contributed by atoms with Crippen molar-refractivity contribution in [2.24, 2.45) is 5.73 Å². The minimum Gasteiger partial charge on any atom is -0.330 e. The molecule has 96 valence electrons. The van der Waals surface area contributed by atoms with Crippen LogP contribution in [0.15, 0.2) is 24.3 Å². The van der Waals surface area contributed by atoms with Crippen molar-refractivity contribution in [2.45, 2.75) is 25.7 Å². The molecule has 0 bridgehead atoms. The fourth-order valence-corrected chi connectivity index (χ4v) is 2.22. The molecule has 4 heteroatoms. The molecule has 0 fully saturated rings. The van der Waals surface area contributed by atoms with Crippen LogP contribution in [0.25, 0.3) is 0 Å². The number of nitrogens with zero attached hydrogens (tertiary/aromatic N) is 1. The van der Waals surface area contributed by atoms with E-state index >= 15 is 0 Å². The van der Waals surface area contributed by atoms with Gasteiger partial charge in [0.1, 0.15) is 0 Å². The number of imide groups is 1. The molecular weight excluding hydrogens is 228 g/mol. The summed E-state index contributed by atoms with van der Waals surface area (Å²) in [5.74, 6) is -0.249. The van der Waals surface area contributed by atoms with Gasteiger partial charge in [-0.2, -0.15) is 0 Å². The number of hydrogen-bond acceptors (Lipinski definition) is 3. The van der Waals surface area contributed by atoms with Gasteiger partial charge >= 0.3 is 0 Å². The average Bonchev–Trinajstić information content (AvgIpc) is 2.38. The summed E-state index contributed by atoms with van der Waals surface area (Å²) >= 11 is 0. The van der Waals surface area contributed by atoms with Crippen LogP contribution in [0.3, 0.4) is 0 Å². The molecule has 2 rings (SSSR count). The highest BCUT2D eigenvalue weighted by molar-refractivity contribution is 6.09. The molecule has 2 amide bonds. The summed E-state index contributed by atoms with van der Waals surface area (Å²) in [6, 6.07) is 7.32. The molecule has 0 radical (unpaired) electrons. The Morgan fingerprint density at radius 1 is 1.11 bits per heavy atom. The van der Waals surface area contributed by atoms with Gasteiger partial charge in [-0.3, -0.25) is 14.5 Å². The highest BCUT2D eigenvalue weighted by Gasteiger charge is 2.29. The van der Waals surface area contributed by atoms with Crippen LogP contribution in [0.1, 0.15) is 35.2 Å². The van der Waals surface area contributed by atoms with E-state index in [1.54, 1.807) is 6.07 Å². The maximum atomic E-state index is 12.2. The number of amides is 2. The number of unbranched alkanes of at least 4 members (excludes halogenated alkanes) is 2. The third-order valence-electron chi connectivity index (χ3n) is 3.22. The molecule has 0 aliphatic carbocycles. The topological polar surface area (TPSA) is 63.4 Å². The zero-order valence-electron chi connectivity index (χ0n) is 10.4. The smallest absolute Gasteiger partial charge is 0.260 e. The molecule has 1 aromatic rings. The number of nitrogens with two attached hydrogens (primary N) is 1. The molecule has 0 spiro atoms. The molecule has 1 heterocycles. The molecular formula is C14H18N2O2. The quantitative estimate of drug-likeness (QED) is 0.630. The highest BCUT2D eigenvalue weighted by atomic mass is 16.2. The van der Waals surface area contributed by atoms with Gasteiger partial charge < -0.3 is 5.73 Å². The molecule has 0 unspecified atom stereocenters. The van der Waals surface area contributed by atoms with Crippen LogP contribution in [0.5, 0.6) is 0 Å². The molecule has 2 N–H and O–H groups in total. The number of hydrogen-bond donors (Lipinski definition) is 1. The molecule has 0 saturated heterocycles. The van der Waals surface area contributed by atoms with Crippen molar-refractivity contribution in [1.29, 1.82) is 0 Å². The van der Waals surface area contributed by atoms with Crippen LogP contribution in [-0.2, 0) is 11.2 Å². The van der Waals surface area contributed by atoms with E-state index in [1.807, 2.05) is 18.2 Å². The van der Waals surface area contributed by atoms with Gasteiger partial charge in [0.15, 0.2) is 0 Å². The number of carbonyl (C=O) groups excluding carboxylic acids is 2. The number of rotatable bonds is 5. The minimum absolute atomic E-state index is 0.0913. The molecule has 18 heavy (non-hydrogen) atoms. The largest absolute Gasteiger partial charge is 0.330 e. The maximum absolute atomic E-state index is 12.2. The van der Waals surface area contributed by atoms with Crippen molar-refractivity contribution in [3.05, 3.63) is 35.4 Å². The van der Waals surface area contributed by atoms with Gasteiger partial charge in [0.2, 0.25) is 5.91 Å². The Morgan fingerprint density at radius 3 is 2.67 bits per heavy atom. The zero-order chi connectivity index (χ0) is 13.0. The van der Waals surface area contributed by atoms with E-state index in [4.69, 9.17) is 5.73 Å². The maximum Gasteiger partial charge on any atom is 0.260 e. The van der Waals surface area contributed by atoms with Crippen LogP contribution >= 0.6 is 0 Å². The van der Waals surface area contributed by atoms with Crippen LogP contribution in [0, 0.1) is 0 Å². The summed E-state index contributed by atoms with van der Waals surface area (Å²) in [6.45, 7) is 1.16. The first kappa shape index (κ1) is 12.8. The van der Waals surface area contributed by atoms with E-state index < -0.39 is 0 Å². The monoisotopic (exact) mass is 246 g/mol. The summed E-state index contributed by atoms with van der Waals surface area (Å²) in [6.07, 6.45) is 3.05. The highest BCUT2D eigenvalue weighted by Crippen LogP contribution is 2.19. The van der Waals surface area contributed by atoms with E-state index in [0.717, 1.165) is 24.8 Å².